The summed E-state index contributed by atoms with van der Waals surface area (Å²) in [4.78, 5) is 12.1. The van der Waals surface area contributed by atoms with Crippen LogP contribution < -0.4 is 9.47 Å². The molecule has 1 heterocycles. The molecule has 0 atom stereocenters. The molecule has 24 heavy (non-hydrogen) atoms. The van der Waals surface area contributed by atoms with E-state index < -0.39 is 5.97 Å². The van der Waals surface area contributed by atoms with Crippen molar-refractivity contribution < 1.29 is 19.0 Å². The van der Waals surface area contributed by atoms with Crippen LogP contribution in [0.4, 0.5) is 0 Å². The summed E-state index contributed by atoms with van der Waals surface area (Å²) in [5.41, 5.74) is 1.59. The summed E-state index contributed by atoms with van der Waals surface area (Å²) in [6, 6.07) is 11.7. The maximum atomic E-state index is 12.1. The molecule has 0 saturated carbocycles. The fourth-order valence-electron chi connectivity index (χ4n) is 2.28. The number of benzene rings is 2. The smallest absolute Gasteiger partial charge is 0.338 e. The van der Waals surface area contributed by atoms with Crippen molar-refractivity contribution in [3.05, 3.63) is 58.1 Å². The molecule has 0 amide bonds. The molecule has 0 aliphatic carbocycles. The molecule has 2 aromatic rings. The van der Waals surface area contributed by atoms with Crippen molar-refractivity contribution in [3.8, 4) is 17.6 Å². The zero-order valence-electron chi connectivity index (χ0n) is 12.8. The molecule has 1 aliphatic rings. The molecule has 0 radical (unpaired) electrons. The summed E-state index contributed by atoms with van der Waals surface area (Å²) in [7, 11) is 0. The Morgan fingerprint density at radius 3 is 2.71 bits per heavy atom. The first-order valence-corrected chi connectivity index (χ1v) is 7.80. The highest BCUT2D eigenvalue weighted by Gasteiger charge is 2.16. The Balaban J connectivity index is 1.70. The van der Waals surface area contributed by atoms with Gasteiger partial charge in [-0.05, 0) is 42.0 Å². The minimum Gasteiger partial charge on any atom is -0.489 e. The van der Waals surface area contributed by atoms with Crippen molar-refractivity contribution in [2.75, 3.05) is 13.2 Å². The van der Waals surface area contributed by atoms with Gasteiger partial charge in [0.25, 0.3) is 0 Å². The number of ether oxygens (including phenoxy) is 3. The number of carbonyl (C=O) groups excluding carboxylic acids is 1. The predicted octanol–water partition coefficient (Wildman–Crippen LogP) is 3.73. The van der Waals surface area contributed by atoms with Gasteiger partial charge >= 0.3 is 5.97 Å². The second kappa shape index (κ2) is 7.24. The van der Waals surface area contributed by atoms with Gasteiger partial charge in [-0.25, -0.2) is 4.79 Å². The summed E-state index contributed by atoms with van der Waals surface area (Å²) in [5.74, 6) is 0.614. The number of rotatable bonds is 3. The SMILES string of the molecule is N#Cc1ccc(C(=O)OCc2cc(Cl)c3c(c2)OCCCO3)cc1. The van der Waals surface area contributed by atoms with Crippen LogP contribution in [0.2, 0.25) is 5.02 Å². The van der Waals surface area contributed by atoms with Gasteiger partial charge in [-0.1, -0.05) is 11.6 Å². The largest absolute Gasteiger partial charge is 0.489 e. The van der Waals surface area contributed by atoms with Gasteiger partial charge < -0.3 is 14.2 Å². The molecule has 0 aromatic heterocycles. The van der Waals surface area contributed by atoms with Gasteiger partial charge in [-0.3, -0.25) is 0 Å². The highest BCUT2D eigenvalue weighted by molar-refractivity contribution is 6.32. The van der Waals surface area contributed by atoms with E-state index in [2.05, 4.69) is 0 Å². The normalized spacial score (nSPS) is 12.8. The first-order valence-electron chi connectivity index (χ1n) is 7.42. The van der Waals surface area contributed by atoms with Gasteiger partial charge in [0.15, 0.2) is 11.5 Å². The van der Waals surface area contributed by atoms with E-state index in [1.54, 1.807) is 36.4 Å². The van der Waals surface area contributed by atoms with E-state index in [0.29, 0.717) is 46.4 Å². The van der Waals surface area contributed by atoms with Crippen LogP contribution >= 0.6 is 11.6 Å². The lowest BCUT2D eigenvalue weighted by atomic mass is 10.1. The second-order valence-corrected chi connectivity index (χ2v) is 5.63. The molecule has 6 heteroatoms. The Hall–Kier alpha value is -2.71. The summed E-state index contributed by atoms with van der Waals surface area (Å²) < 4.78 is 16.5. The van der Waals surface area contributed by atoms with Crippen LogP contribution in [0.15, 0.2) is 36.4 Å². The molecule has 0 bridgehead atoms. The van der Waals surface area contributed by atoms with Crippen molar-refractivity contribution in [2.45, 2.75) is 13.0 Å². The number of nitriles is 1. The number of hydrogen-bond donors (Lipinski definition) is 0. The summed E-state index contributed by atoms with van der Waals surface area (Å²) in [6.07, 6.45) is 0.786. The lowest BCUT2D eigenvalue weighted by molar-refractivity contribution is 0.0472. The molecule has 0 saturated heterocycles. The molecule has 3 rings (SSSR count). The van der Waals surface area contributed by atoms with E-state index in [-0.39, 0.29) is 6.61 Å². The van der Waals surface area contributed by atoms with Crippen LogP contribution in [-0.4, -0.2) is 19.2 Å². The van der Waals surface area contributed by atoms with Crippen molar-refractivity contribution in [3.63, 3.8) is 0 Å². The predicted molar refractivity (Wildman–Crippen MR) is 87.3 cm³/mol. The number of fused-ring (bicyclic) bond motifs is 1. The fourth-order valence-corrected chi connectivity index (χ4v) is 2.57. The molecular weight excluding hydrogens is 330 g/mol. The van der Waals surface area contributed by atoms with E-state index in [0.717, 1.165) is 6.42 Å². The maximum Gasteiger partial charge on any atom is 0.338 e. The van der Waals surface area contributed by atoms with Gasteiger partial charge in [0.2, 0.25) is 0 Å². The average Bonchev–Trinajstić information content (AvgIpc) is 2.85. The monoisotopic (exact) mass is 343 g/mol. The van der Waals surface area contributed by atoms with E-state index in [1.165, 1.54) is 0 Å². The third-order valence-electron chi connectivity index (χ3n) is 3.48. The van der Waals surface area contributed by atoms with Crippen LogP contribution in [0.25, 0.3) is 0 Å². The molecule has 0 spiro atoms. The van der Waals surface area contributed by atoms with Crippen LogP contribution in [0.3, 0.4) is 0 Å². The number of hydrogen-bond acceptors (Lipinski definition) is 5. The number of esters is 1. The van der Waals surface area contributed by atoms with E-state index in [4.69, 9.17) is 31.1 Å². The van der Waals surface area contributed by atoms with Gasteiger partial charge in [0.1, 0.15) is 6.61 Å². The first-order chi connectivity index (χ1) is 11.7. The minimum atomic E-state index is -0.470. The summed E-state index contributed by atoms with van der Waals surface area (Å²) in [5, 5.41) is 9.19. The second-order valence-electron chi connectivity index (χ2n) is 5.22. The average molecular weight is 344 g/mol. The van der Waals surface area contributed by atoms with Gasteiger partial charge in [0, 0.05) is 6.42 Å². The van der Waals surface area contributed by atoms with Gasteiger partial charge in [-0.15, -0.1) is 0 Å². The molecule has 0 fully saturated rings. The quantitative estimate of drug-likeness (QED) is 0.794. The zero-order chi connectivity index (χ0) is 16.9. The Bertz CT molecular complexity index is 796. The van der Waals surface area contributed by atoms with Crippen molar-refractivity contribution in [1.29, 1.82) is 5.26 Å². The third-order valence-corrected chi connectivity index (χ3v) is 3.76. The maximum absolute atomic E-state index is 12.1. The van der Waals surface area contributed by atoms with Crippen LogP contribution in [0.1, 0.15) is 27.9 Å². The molecule has 2 aromatic carbocycles. The number of nitrogens with zero attached hydrogens (tertiary/aromatic N) is 1. The van der Waals surface area contributed by atoms with E-state index >= 15 is 0 Å². The standard InChI is InChI=1S/C18H14ClNO4/c19-15-8-13(9-16-17(15)23-7-1-6-22-16)11-24-18(21)14-4-2-12(10-20)3-5-14/h2-5,8-9H,1,6-7,11H2. The van der Waals surface area contributed by atoms with Crippen LogP contribution in [0, 0.1) is 11.3 Å². The highest BCUT2D eigenvalue weighted by Crippen LogP contribution is 2.38. The molecule has 5 nitrogen and oxygen atoms in total. The van der Waals surface area contributed by atoms with Crippen molar-refractivity contribution >= 4 is 17.6 Å². The summed E-state index contributed by atoms with van der Waals surface area (Å²) in [6.45, 7) is 1.17. The minimum absolute atomic E-state index is 0.0647. The Morgan fingerprint density at radius 1 is 1.21 bits per heavy atom. The molecule has 0 unspecified atom stereocenters. The Kier molecular flexibility index (Phi) is 4.88. The number of halogens is 1. The third kappa shape index (κ3) is 3.61. The first kappa shape index (κ1) is 16.2. The topological polar surface area (TPSA) is 68.6 Å². The highest BCUT2D eigenvalue weighted by atomic mass is 35.5. The zero-order valence-corrected chi connectivity index (χ0v) is 13.5. The molecule has 1 aliphatic heterocycles. The van der Waals surface area contributed by atoms with E-state index in [9.17, 15) is 4.79 Å². The van der Waals surface area contributed by atoms with Gasteiger partial charge in [0.05, 0.1) is 35.4 Å². The van der Waals surface area contributed by atoms with Crippen LogP contribution in [0.5, 0.6) is 11.5 Å². The molecule has 122 valence electrons. The summed E-state index contributed by atoms with van der Waals surface area (Å²) >= 11 is 6.21. The molecule has 0 N–H and O–H groups in total. The van der Waals surface area contributed by atoms with E-state index in [1.807, 2.05) is 6.07 Å². The van der Waals surface area contributed by atoms with Crippen LogP contribution in [-0.2, 0) is 11.3 Å². The fraction of sp³-hybridized carbons (Fsp3) is 0.222. The molecular formula is C18H14ClNO4. The Morgan fingerprint density at radius 2 is 1.96 bits per heavy atom. The lowest BCUT2D eigenvalue weighted by Gasteiger charge is -2.12. The van der Waals surface area contributed by atoms with Crippen molar-refractivity contribution in [1.82, 2.24) is 0 Å². The number of carbonyl (C=O) groups is 1. The Labute approximate surface area is 144 Å². The van der Waals surface area contributed by atoms with Crippen molar-refractivity contribution in [2.24, 2.45) is 0 Å². The van der Waals surface area contributed by atoms with Gasteiger partial charge in [-0.2, -0.15) is 5.26 Å². The lowest BCUT2D eigenvalue weighted by Crippen LogP contribution is -2.05.